The van der Waals surface area contributed by atoms with Gasteiger partial charge >= 0.3 is 0 Å². The molecule has 7 nitrogen and oxygen atoms in total. The van der Waals surface area contributed by atoms with Gasteiger partial charge in [-0.05, 0) is 48.6 Å². The minimum atomic E-state index is -3.76. The second-order valence-corrected chi connectivity index (χ2v) is 10.9. The lowest BCUT2D eigenvalue weighted by Gasteiger charge is -2.22. The van der Waals surface area contributed by atoms with E-state index in [1.54, 1.807) is 12.1 Å². The van der Waals surface area contributed by atoms with E-state index in [2.05, 4.69) is 15.5 Å². The Morgan fingerprint density at radius 3 is 2.55 bits per heavy atom. The fourth-order valence-electron chi connectivity index (χ4n) is 3.66. The summed E-state index contributed by atoms with van der Waals surface area (Å²) >= 11 is 0.951. The van der Waals surface area contributed by atoms with Crippen molar-refractivity contribution in [1.29, 1.82) is 0 Å². The van der Waals surface area contributed by atoms with E-state index in [4.69, 9.17) is 0 Å². The molecular formula is C22H22F2N4O3S2. The molecule has 0 saturated carbocycles. The molecule has 0 radical (unpaired) electrons. The van der Waals surface area contributed by atoms with E-state index < -0.39 is 33.6 Å². The Hall–Kier alpha value is -2.76. The molecule has 174 valence electrons. The summed E-state index contributed by atoms with van der Waals surface area (Å²) in [5, 5.41) is 10.6. The van der Waals surface area contributed by atoms with E-state index in [1.165, 1.54) is 4.31 Å². The predicted molar refractivity (Wildman–Crippen MR) is 121 cm³/mol. The van der Waals surface area contributed by atoms with Crippen molar-refractivity contribution in [2.75, 3.05) is 11.9 Å². The lowest BCUT2D eigenvalue weighted by molar-refractivity contribution is 0.102. The van der Waals surface area contributed by atoms with Crippen molar-refractivity contribution in [3.63, 3.8) is 0 Å². The third-order valence-corrected chi connectivity index (χ3v) is 8.40. The zero-order valence-electron chi connectivity index (χ0n) is 18.0. The molecule has 3 aromatic rings. The second-order valence-electron chi connectivity index (χ2n) is 8.02. The van der Waals surface area contributed by atoms with Crippen LogP contribution < -0.4 is 5.32 Å². The Labute approximate surface area is 194 Å². The minimum absolute atomic E-state index is 0.0424. The SMILES string of the molecule is CC(C)c1ccc(S(=O)(=O)N2CCCC2c2nnc(C(=O)Nc3ccc(F)cc3F)s2)cc1. The van der Waals surface area contributed by atoms with Crippen LogP contribution in [0.25, 0.3) is 0 Å². The van der Waals surface area contributed by atoms with Gasteiger partial charge in [0.05, 0.1) is 16.6 Å². The summed E-state index contributed by atoms with van der Waals surface area (Å²) in [6, 6.07) is 9.10. The van der Waals surface area contributed by atoms with Crippen LogP contribution in [0.2, 0.25) is 0 Å². The first-order valence-corrected chi connectivity index (χ1v) is 12.6. The van der Waals surface area contributed by atoms with Crippen LogP contribution >= 0.6 is 11.3 Å². The molecule has 1 aliphatic heterocycles. The van der Waals surface area contributed by atoms with Crippen molar-refractivity contribution in [1.82, 2.24) is 14.5 Å². The number of anilines is 1. The molecule has 1 amide bonds. The van der Waals surface area contributed by atoms with Gasteiger partial charge in [0.15, 0.2) is 0 Å². The molecule has 33 heavy (non-hydrogen) atoms. The van der Waals surface area contributed by atoms with Gasteiger partial charge in [-0.25, -0.2) is 17.2 Å². The molecule has 2 aromatic carbocycles. The lowest BCUT2D eigenvalue weighted by Crippen LogP contribution is -2.30. The number of amides is 1. The zero-order chi connectivity index (χ0) is 23.8. The Morgan fingerprint density at radius 1 is 1.15 bits per heavy atom. The number of halogens is 2. The molecule has 1 saturated heterocycles. The first-order chi connectivity index (χ1) is 15.7. The fourth-order valence-corrected chi connectivity index (χ4v) is 6.28. The van der Waals surface area contributed by atoms with Crippen molar-refractivity contribution < 1.29 is 22.0 Å². The number of aromatic nitrogens is 2. The quantitative estimate of drug-likeness (QED) is 0.538. The summed E-state index contributed by atoms with van der Waals surface area (Å²) < 4.78 is 54.8. The molecule has 1 N–H and O–H groups in total. The third-order valence-electron chi connectivity index (χ3n) is 5.46. The van der Waals surface area contributed by atoms with Gasteiger partial charge in [-0.1, -0.05) is 37.3 Å². The van der Waals surface area contributed by atoms with Crippen LogP contribution in [-0.2, 0) is 10.0 Å². The van der Waals surface area contributed by atoms with E-state index in [1.807, 2.05) is 26.0 Å². The minimum Gasteiger partial charge on any atom is -0.317 e. The maximum Gasteiger partial charge on any atom is 0.286 e. The summed E-state index contributed by atoms with van der Waals surface area (Å²) in [7, 11) is -3.76. The monoisotopic (exact) mass is 492 g/mol. The Kier molecular flexibility index (Phi) is 6.55. The topological polar surface area (TPSA) is 92.3 Å². The van der Waals surface area contributed by atoms with Gasteiger partial charge < -0.3 is 5.32 Å². The highest BCUT2D eigenvalue weighted by atomic mass is 32.2. The number of benzene rings is 2. The molecule has 1 aliphatic rings. The first-order valence-electron chi connectivity index (χ1n) is 10.4. The van der Waals surface area contributed by atoms with Crippen molar-refractivity contribution in [2.45, 2.75) is 43.5 Å². The van der Waals surface area contributed by atoms with Crippen molar-refractivity contribution in [3.05, 3.63) is 69.7 Å². The lowest BCUT2D eigenvalue weighted by atomic mass is 10.0. The van der Waals surface area contributed by atoms with Crippen LogP contribution in [-0.4, -0.2) is 35.4 Å². The standard InChI is InChI=1S/C22H22F2N4O3S2/c1-13(2)14-5-8-16(9-6-14)33(30,31)28-11-3-4-19(28)21-26-27-22(32-21)20(29)25-18-10-7-15(23)12-17(18)24/h5-10,12-13,19H,3-4,11H2,1-2H3,(H,25,29). The fraction of sp³-hybridized carbons (Fsp3) is 0.318. The normalized spacial score (nSPS) is 16.9. The number of hydrogen-bond donors (Lipinski definition) is 1. The number of hydrogen-bond acceptors (Lipinski definition) is 6. The first kappa shape index (κ1) is 23.4. The maximum absolute atomic E-state index is 13.8. The van der Waals surface area contributed by atoms with E-state index in [-0.39, 0.29) is 21.5 Å². The number of sulfonamides is 1. The number of rotatable bonds is 6. The highest BCUT2D eigenvalue weighted by Gasteiger charge is 2.38. The van der Waals surface area contributed by atoms with Crippen LogP contribution in [0.3, 0.4) is 0 Å². The van der Waals surface area contributed by atoms with Crippen LogP contribution in [0.5, 0.6) is 0 Å². The average molecular weight is 493 g/mol. The summed E-state index contributed by atoms with van der Waals surface area (Å²) in [6.45, 7) is 4.40. The van der Waals surface area contributed by atoms with Crippen LogP contribution in [0.1, 0.15) is 59.0 Å². The molecule has 11 heteroatoms. The van der Waals surface area contributed by atoms with Crippen LogP contribution in [0, 0.1) is 11.6 Å². The van der Waals surface area contributed by atoms with Gasteiger partial charge in [0.2, 0.25) is 15.0 Å². The van der Waals surface area contributed by atoms with Crippen molar-refractivity contribution in [3.8, 4) is 0 Å². The third kappa shape index (κ3) is 4.80. The summed E-state index contributed by atoms with van der Waals surface area (Å²) in [4.78, 5) is 12.7. The van der Waals surface area contributed by atoms with Gasteiger partial charge in [-0.3, -0.25) is 4.79 Å². The molecule has 1 atom stereocenters. The van der Waals surface area contributed by atoms with E-state index >= 15 is 0 Å². The number of carbonyl (C=O) groups excluding carboxylic acids is 1. The van der Waals surface area contributed by atoms with E-state index in [0.29, 0.717) is 30.5 Å². The Balaban J connectivity index is 1.53. The smallest absolute Gasteiger partial charge is 0.286 e. The summed E-state index contributed by atoms with van der Waals surface area (Å²) in [5.41, 5.74) is 0.859. The molecule has 1 unspecified atom stereocenters. The van der Waals surface area contributed by atoms with Gasteiger partial charge in [-0.2, -0.15) is 4.31 Å². The molecule has 1 aromatic heterocycles. The molecule has 1 fully saturated rings. The van der Waals surface area contributed by atoms with Crippen molar-refractivity contribution >= 4 is 33.0 Å². The molecule has 4 rings (SSSR count). The van der Waals surface area contributed by atoms with Gasteiger partial charge in [0.25, 0.3) is 5.91 Å². The van der Waals surface area contributed by atoms with Crippen molar-refractivity contribution in [2.24, 2.45) is 0 Å². The molecule has 0 spiro atoms. The second kappa shape index (κ2) is 9.24. The van der Waals surface area contributed by atoms with E-state index in [0.717, 1.165) is 29.0 Å². The van der Waals surface area contributed by atoms with Gasteiger partial charge in [-0.15, -0.1) is 10.2 Å². The van der Waals surface area contributed by atoms with Gasteiger partial charge in [0.1, 0.15) is 16.6 Å². The van der Waals surface area contributed by atoms with Gasteiger partial charge in [0, 0.05) is 12.6 Å². The molecule has 0 aliphatic carbocycles. The number of carbonyl (C=O) groups is 1. The highest BCUT2D eigenvalue weighted by Crippen LogP contribution is 2.38. The average Bonchev–Trinajstić information content (AvgIpc) is 3.45. The summed E-state index contributed by atoms with van der Waals surface area (Å²) in [6.07, 6.45) is 1.20. The zero-order valence-corrected chi connectivity index (χ0v) is 19.6. The molecule has 0 bridgehead atoms. The van der Waals surface area contributed by atoms with E-state index in [9.17, 15) is 22.0 Å². The van der Waals surface area contributed by atoms with Crippen LogP contribution in [0.4, 0.5) is 14.5 Å². The summed E-state index contributed by atoms with van der Waals surface area (Å²) in [5.74, 6) is -2.09. The number of nitrogens with zero attached hydrogens (tertiary/aromatic N) is 3. The largest absolute Gasteiger partial charge is 0.317 e. The maximum atomic E-state index is 13.8. The predicted octanol–water partition coefficient (Wildman–Crippen LogP) is 4.72. The highest BCUT2D eigenvalue weighted by molar-refractivity contribution is 7.89. The number of nitrogens with one attached hydrogen (secondary N) is 1. The molecule has 2 heterocycles. The molecular weight excluding hydrogens is 470 g/mol. The van der Waals surface area contributed by atoms with Crippen LogP contribution in [0.15, 0.2) is 47.4 Å². The Bertz CT molecular complexity index is 1280. The Morgan fingerprint density at radius 2 is 1.88 bits per heavy atom.